The van der Waals surface area contributed by atoms with Crippen molar-refractivity contribution in [3.8, 4) is 22.5 Å². The number of hydrogen-bond acceptors (Lipinski definition) is 6. The first-order valence-electron chi connectivity index (χ1n) is 9.81. The van der Waals surface area contributed by atoms with Crippen molar-refractivity contribution in [3.05, 3.63) is 72.1 Å². The highest BCUT2D eigenvalue weighted by Gasteiger charge is 2.16. The molecule has 0 spiro atoms. The molecular weight excluding hydrogens is 408 g/mol. The van der Waals surface area contributed by atoms with E-state index in [-0.39, 0.29) is 11.7 Å². The Hall–Kier alpha value is -3.52. The van der Waals surface area contributed by atoms with Gasteiger partial charge < -0.3 is 5.32 Å². The molecule has 156 valence electrons. The molecule has 7 nitrogen and oxygen atoms in total. The number of nitrogens with zero attached hydrogens (tertiary/aromatic N) is 5. The molecule has 1 amide bonds. The zero-order valence-corrected chi connectivity index (χ0v) is 18.3. The highest BCUT2D eigenvalue weighted by molar-refractivity contribution is 7.99. The number of aromatic nitrogens is 5. The Bertz CT molecular complexity index is 1210. The molecule has 0 saturated heterocycles. The minimum atomic E-state index is -0.138. The summed E-state index contributed by atoms with van der Waals surface area (Å²) in [6.45, 7) is 3.79. The first-order chi connectivity index (χ1) is 15.0. The number of nitrogens with one attached hydrogen (secondary N) is 1. The van der Waals surface area contributed by atoms with Crippen molar-refractivity contribution in [2.45, 2.75) is 19.0 Å². The number of rotatable bonds is 6. The summed E-state index contributed by atoms with van der Waals surface area (Å²) in [6.07, 6.45) is 0. The Morgan fingerprint density at radius 3 is 2.13 bits per heavy atom. The van der Waals surface area contributed by atoms with E-state index < -0.39 is 0 Å². The highest BCUT2D eigenvalue weighted by Crippen LogP contribution is 2.29. The molecule has 0 saturated carbocycles. The number of hydrogen-bond donors (Lipinski definition) is 1. The van der Waals surface area contributed by atoms with Gasteiger partial charge in [-0.1, -0.05) is 72.4 Å². The van der Waals surface area contributed by atoms with Gasteiger partial charge >= 0.3 is 0 Å². The van der Waals surface area contributed by atoms with Crippen LogP contribution in [-0.2, 0) is 11.8 Å². The van der Waals surface area contributed by atoms with Crippen LogP contribution >= 0.6 is 11.8 Å². The van der Waals surface area contributed by atoms with Crippen LogP contribution in [0.2, 0.25) is 0 Å². The van der Waals surface area contributed by atoms with Crippen molar-refractivity contribution in [2.24, 2.45) is 7.05 Å². The number of carbonyl (C=O) groups excluding carboxylic acids is 1. The van der Waals surface area contributed by atoms with E-state index in [2.05, 4.69) is 20.6 Å². The fourth-order valence-corrected chi connectivity index (χ4v) is 3.81. The summed E-state index contributed by atoms with van der Waals surface area (Å²) in [6, 6.07) is 19.7. The standard InChI is InChI=1S/C23H22N6OS/c1-15-20(16(2)29(3)28-15)24-19(30)14-31-23-25-21(17-10-6-4-7-11-17)22(26-27-23)18-12-8-5-9-13-18/h4-13H,14H2,1-3H3,(H,24,30). The molecule has 0 atom stereocenters. The maximum Gasteiger partial charge on any atom is 0.234 e. The van der Waals surface area contributed by atoms with Gasteiger partial charge in [0.05, 0.1) is 22.8 Å². The third-order valence-electron chi connectivity index (χ3n) is 4.87. The topological polar surface area (TPSA) is 85.6 Å². The molecule has 0 fully saturated rings. The maximum absolute atomic E-state index is 12.5. The van der Waals surface area contributed by atoms with Gasteiger partial charge in [0.25, 0.3) is 0 Å². The monoisotopic (exact) mass is 430 g/mol. The van der Waals surface area contributed by atoms with Crippen LogP contribution in [0.4, 0.5) is 5.69 Å². The smallest absolute Gasteiger partial charge is 0.234 e. The molecule has 0 bridgehead atoms. The Balaban J connectivity index is 1.56. The normalized spacial score (nSPS) is 10.8. The number of amides is 1. The molecule has 4 aromatic rings. The van der Waals surface area contributed by atoms with E-state index >= 15 is 0 Å². The molecule has 2 aromatic heterocycles. The van der Waals surface area contributed by atoms with Crippen LogP contribution in [0.3, 0.4) is 0 Å². The van der Waals surface area contributed by atoms with Crippen molar-refractivity contribution in [1.29, 1.82) is 0 Å². The second kappa shape index (κ2) is 9.09. The third kappa shape index (κ3) is 4.64. The summed E-state index contributed by atoms with van der Waals surface area (Å²) in [5.74, 6) is 0.0372. The fraction of sp³-hybridized carbons (Fsp3) is 0.174. The van der Waals surface area contributed by atoms with Crippen LogP contribution in [0.25, 0.3) is 22.5 Å². The molecule has 0 aliphatic rings. The van der Waals surface area contributed by atoms with Crippen LogP contribution < -0.4 is 5.32 Å². The van der Waals surface area contributed by atoms with Crippen LogP contribution in [0.1, 0.15) is 11.4 Å². The first kappa shape index (κ1) is 20.7. The van der Waals surface area contributed by atoms with E-state index in [0.717, 1.165) is 33.9 Å². The van der Waals surface area contributed by atoms with E-state index in [1.807, 2.05) is 81.6 Å². The summed E-state index contributed by atoms with van der Waals surface area (Å²) in [7, 11) is 1.85. The SMILES string of the molecule is Cc1nn(C)c(C)c1NC(=O)CSc1nnc(-c2ccccc2)c(-c2ccccc2)n1. The number of aryl methyl sites for hydroxylation is 2. The molecule has 0 unspecified atom stereocenters. The second-order valence-corrected chi connectivity index (χ2v) is 7.97. The molecule has 2 heterocycles. The molecule has 4 rings (SSSR count). The van der Waals surface area contributed by atoms with Gasteiger partial charge in [0.15, 0.2) is 0 Å². The number of anilines is 1. The average molecular weight is 431 g/mol. The van der Waals surface area contributed by atoms with Gasteiger partial charge in [-0.2, -0.15) is 5.10 Å². The van der Waals surface area contributed by atoms with Crippen molar-refractivity contribution >= 4 is 23.4 Å². The quantitative estimate of drug-likeness (QED) is 0.460. The lowest BCUT2D eigenvalue weighted by Crippen LogP contribution is -2.15. The average Bonchev–Trinajstić information content (AvgIpc) is 3.04. The maximum atomic E-state index is 12.5. The first-order valence-corrected chi connectivity index (χ1v) is 10.8. The summed E-state index contributed by atoms with van der Waals surface area (Å²) < 4.78 is 1.75. The van der Waals surface area contributed by atoms with Crippen molar-refractivity contribution in [2.75, 3.05) is 11.1 Å². The molecule has 0 radical (unpaired) electrons. The lowest BCUT2D eigenvalue weighted by atomic mass is 10.0. The van der Waals surface area contributed by atoms with Gasteiger partial charge in [0.2, 0.25) is 11.1 Å². The van der Waals surface area contributed by atoms with E-state index in [4.69, 9.17) is 4.98 Å². The van der Waals surface area contributed by atoms with Gasteiger partial charge in [0.1, 0.15) is 11.4 Å². The summed E-state index contributed by atoms with van der Waals surface area (Å²) in [5.41, 5.74) is 5.78. The predicted octanol–water partition coefficient (Wildman–Crippen LogP) is 4.29. The van der Waals surface area contributed by atoms with Gasteiger partial charge in [0, 0.05) is 18.2 Å². The summed E-state index contributed by atoms with van der Waals surface area (Å²) in [5, 5.41) is 16.4. The number of benzene rings is 2. The lowest BCUT2D eigenvalue weighted by molar-refractivity contribution is -0.113. The van der Waals surface area contributed by atoms with E-state index in [1.54, 1.807) is 4.68 Å². The molecule has 1 N–H and O–H groups in total. The summed E-state index contributed by atoms with van der Waals surface area (Å²) in [4.78, 5) is 17.2. The molecule has 8 heteroatoms. The van der Waals surface area contributed by atoms with Gasteiger partial charge in [-0.05, 0) is 13.8 Å². The predicted molar refractivity (Wildman–Crippen MR) is 123 cm³/mol. The van der Waals surface area contributed by atoms with Crippen LogP contribution in [0.15, 0.2) is 65.8 Å². The zero-order chi connectivity index (χ0) is 21.8. The van der Waals surface area contributed by atoms with Crippen molar-refractivity contribution < 1.29 is 4.79 Å². The summed E-state index contributed by atoms with van der Waals surface area (Å²) >= 11 is 1.26. The van der Waals surface area contributed by atoms with Crippen molar-refractivity contribution in [3.63, 3.8) is 0 Å². The van der Waals surface area contributed by atoms with E-state index in [9.17, 15) is 4.79 Å². The van der Waals surface area contributed by atoms with Crippen LogP contribution in [-0.4, -0.2) is 36.6 Å². The van der Waals surface area contributed by atoms with Crippen LogP contribution in [0, 0.1) is 13.8 Å². The van der Waals surface area contributed by atoms with Crippen molar-refractivity contribution in [1.82, 2.24) is 25.0 Å². The second-order valence-electron chi connectivity index (χ2n) is 7.03. The fourth-order valence-electron chi connectivity index (χ4n) is 3.22. The Kier molecular flexibility index (Phi) is 6.08. The molecule has 2 aromatic carbocycles. The van der Waals surface area contributed by atoms with Gasteiger partial charge in [-0.25, -0.2) is 4.98 Å². The molecule has 31 heavy (non-hydrogen) atoms. The van der Waals surface area contributed by atoms with Crippen LogP contribution in [0.5, 0.6) is 0 Å². The number of carbonyl (C=O) groups is 1. The Morgan fingerprint density at radius 2 is 1.55 bits per heavy atom. The molecular formula is C23H22N6OS. The Morgan fingerprint density at radius 1 is 0.935 bits per heavy atom. The minimum absolute atomic E-state index is 0.138. The highest BCUT2D eigenvalue weighted by atomic mass is 32.2. The lowest BCUT2D eigenvalue weighted by Gasteiger charge is -2.09. The molecule has 0 aliphatic carbocycles. The largest absolute Gasteiger partial charge is 0.322 e. The van der Waals surface area contributed by atoms with E-state index in [1.165, 1.54) is 11.8 Å². The van der Waals surface area contributed by atoms with E-state index in [0.29, 0.717) is 10.9 Å². The minimum Gasteiger partial charge on any atom is -0.322 e. The number of thioether (sulfide) groups is 1. The third-order valence-corrected chi connectivity index (χ3v) is 5.71. The zero-order valence-electron chi connectivity index (χ0n) is 17.5. The van der Waals surface area contributed by atoms with Gasteiger partial charge in [-0.3, -0.25) is 9.48 Å². The van der Waals surface area contributed by atoms with Gasteiger partial charge in [-0.15, -0.1) is 10.2 Å². The molecule has 0 aliphatic heterocycles. The Labute approximate surface area is 184 Å².